The number of aromatic nitrogens is 2. The number of thioether (sulfide) groups is 1. The molecular formula is C22H20FN3O3S2. The normalized spacial score (nSPS) is 17.0. The molecular weight excluding hydrogens is 437 g/mol. The Morgan fingerprint density at radius 3 is 2.77 bits per heavy atom. The highest BCUT2D eigenvalue weighted by Crippen LogP contribution is 2.31. The van der Waals surface area contributed by atoms with Gasteiger partial charge in [0.15, 0.2) is 5.16 Å². The molecule has 3 heterocycles. The van der Waals surface area contributed by atoms with Crippen LogP contribution in [-0.2, 0) is 11.3 Å². The number of imide groups is 1. The third-order valence-corrected chi connectivity index (χ3v) is 7.13. The van der Waals surface area contributed by atoms with Crippen LogP contribution in [0.4, 0.5) is 4.39 Å². The van der Waals surface area contributed by atoms with Crippen LogP contribution in [0.15, 0.2) is 58.3 Å². The Kier molecular flexibility index (Phi) is 6.33. The molecule has 3 aromatic rings. The highest BCUT2D eigenvalue weighted by molar-refractivity contribution is 8.00. The predicted molar refractivity (Wildman–Crippen MR) is 120 cm³/mol. The van der Waals surface area contributed by atoms with Crippen LogP contribution >= 0.6 is 23.1 Å². The van der Waals surface area contributed by atoms with Crippen LogP contribution < -0.4 is 5.56 Å². The second kappa shape index (κ2) is 9.15. The fourth-order valence-corrected chi connectivity index (χ4v) is 5.51. The van der Waals surface area contributed by atoms with E-state index in [0.29, 0.717) is 34.8 Å². The minimum Gasteiger partial charge on any atom is -0.283 e. The quantitative estimate of drug-likeness (QED) is 0.328. The van der Waals surface area contributed by atoms with E-state index >= 15 is 0 Å². The first-order valence-electron chi connectivity index (χ1n) is 9.86. The summed E-state index contributed by atoms with van der Waals surface area (Å²) < 4.78 is 14.7. The number of fused-ring (bicyclic) bond motifs is 1. The molecule has 0 bridgehead atoms. The lowest BCUT2D eigenvalue weighted by molar-refractivity contribution is -0.127. The molecule has 0 spiro atoms. The molecule has 0 radical (unpaired) electrons. The number of hydrogen-bond acceptors (Lipinski definition) is 6. The lowest BCUT2D eigenvalue weighted by atomic mass is 10.2. The van der Waals surface area contributed by atoms with Gasteiger partial charge in [-0.2, -0.15) is 0 Å². The van der Waals surface area contributed by atoms with Crippen LogP contribution in [0.3, 0.4) is 0 Å². The Balaban J connectivity index is 1.65. The first-order chi connectivity index (χ1) is 15.0. The minimum absolute atomic E-state index is 0.172. The van der Waals surface area contributed by atoms with Crippen LogP contribution in [0.1, 0.15) is 29.6 Å². The van der Waals surface area contributed by atoms with E-state index in [2.05, 4.69) is 11.6 Å². The molecule has 1 fully saturated rings. The number of allylic oxidation sites excluding steroid dienone is 1. The zero-order valence-corrected chi connectivity index (χ0v) is 18.3. The van der Waals surface area contributed by atoms with E-state index in [0.717, 1.165) is 6.42 Å². The molecule has 6 nitrogen and oxygen atoms in total. The van der Waals surface area contributed by atoms with E-state index in [1.807, 2.05) is 5.38 Å². The summed E-state index contributed by atoms with van der Waals surface area (Å²) in [5.41, 5.74) is 0.0936. The van der Waals surface area contributed by atoms with Gasteiger partial charge in [0.25, 0.3) is 11.5 Å². The molecule has 1 aromatic carbocycles. The zero-order chi connectivity index (χ0) is 22.0. The second-order valence-corrected chi connectivity index (χ2v) is 9.21. The largest absolute Gasteiger partial charge is 0.283 e. The lowest BCUT2D eigenvalue weighted by Gasteiger charge is -2.23. The fourth-order valence-electron chi connectivity index (χ4n) is 3.50. The maximum Gasteiger partial charge on any atom is 0.263 e. The van der Waals surface area contributed by atoms with Crippen molar-refractivity contribution >= 4 is 45.1 Å². The highest BCUT2D eigenvalue weighted by Gasteiger charge is 2.33. The number of likely N-dealkylation sites (tertiary alicyclic amines) is 1. The number of rotatable bonds is 5. The van der Waals surface area contributed by atoms with Gasteiger partial charge in [0, 0.05) is 18.7 Å². The summed E-state index contributed by atoms with van der Waals surface area (Å²) >= 11 is 2.58. The van der Waals surface area contributed by atoms with Gasteiger partial charge in [-0.15, -0.1) is 17.9 Å². The van der Waals surface area contributed by atoms with Crippen LogP contribution in [0.5, 0.6) is 0 Å². The molecule has 1 atom stereocenters. The SMILES string of the molecule is C=CCn1c(S[C@@H]2CCCCN(C(=O)c3ccc(F)cc3)C2=O)nc2sccc2c1=O. The number of amides is 2. The number of hydrogen-bond donors (Lipinski definition) is 0. The Labute approximate surface area is 186 Å². The molecule has 2 amide bonds. The van der Waals surface area contributed by atoms with Gasteiger partial charge in [-0.3, -0.25) is 23.9 Å². The second-order valence-electron chi connectivity index (χ2n) is 7.14. The first kappa shape index (κ1) is 21.5. The molecule has 1 saturated heterocycles. The van der Waals surface area contributed by atoms with E-state index < -0.39 is 17.0 Å². The van der Waals surface area contributed by atoms with Gasteiger partial charge in [-0.05, 0) is 48.6 Å². The molecule has 4 rings (SSSR count). The molecule has 2 aromatic heterocycles. The highest BCUT2D eigenvalue weighted by atomic mass is 32.2. The van der Waals surface area contributed by atoms with E-state index in [9.17, 15) is 18.8 Å². The molecule has 160 valence electrons. The first-order valence-corrected chi connectivity index (χ1v) is 11.6. The lowest BCUT2D eigenvalue weighted by Crippen LogP contribution is -2.41. The Morgan fingerprint density at radius 1 is 1.26 bits per heavy atom. The monoisotopic (exact) mass is 457 g/mol. The average molecular weight is 458 g/mol. The predicted octanol–water partition coefficient (Wildman–Crippen LogP) is 4.10. The van der Waals surface area contributed by atoms with Crippen LogP contribution in [-0.4, -0.2) is 38.1 Å². The molecule has 31 heavy (non-hydrogen) atoms. The van der Waals surface area contributed by atoms with Gasteiger partial charge < -0.3 is 0 Å². The maximum atomic E-state index is 13.3. The standard InChI is InChI=1S/C22H20FN3O3S2/c1-2-11-26-20(28)16-10-13-30-18(16)24-22(26)31-17-5-3-4-12-25(21(17)29)19(27)14-6-8-15(23)9-7-14/h2,6-10,13,17H,1,3-5,11-12H2/t17-/m1/s1. The van der Waals surface area contributed by atoms with Gasteiger partial charge in [-0.1, -0.05) is 24.3 Å². The summed E-state index contributed by atoms with van der Waals surface area (Å²) in [6, 6.07) is 6.91. The summed E-state index contributed by atoms with van der Waals surface area (Å²) in [7, 11) is 0. The van der Waals surface area contributed by atoms with Crippen molar-refractivity contribution in [3.05, 3.63) is 70.1 Å². The third kappa shape index (κ3) is 4.33. The van der Waals surface area contributed by atoms with Gasteiger partial charge in [0.1, 0.15) is 10.6 Å². The molecule has 0 saturated carbocycles. The number of nitrogens with zero attached hydrogens (tertiary/aromatic N) is 3. The van der Waals surface area contributed by atoms with E-state index in [1.165, 1.54) is 56.8 Å². The van der Waals surface area contributed by atoms with Gasteiger partial charge >= 0.3 is 0 Å². The van der Waals surface area contributed by atoms with Crippen LogP contribution in [0, 0.1) is 5.82 Å². The molecule has 1 aliphatic heterocycles. The van der Waals surface area contributed by atoms with Gasteiger partial charge in [-0.25, -0.2) is 9.37 Å². The van der Waals surface area contributed by atoms with Crippen molar-refractivity contribution in [2.75, 3.05) is 6.54 Å². The summed E-state index contributed by atoms with van der Waals surface area (Å²) in [4.78, 5) is 45.5. The van der Waals surface area contributed by atoms with Crippen LogP contribution in [0.2, 0.25) is 0 Å². The van der Waals surface area contributed by atoms with Gasteiger partial charge in [0.2, 0.25) is 5.91 Å². The summed E-state index contributed by atoms with van der Waals surface area (Å²) in [5.74, 6) is -1.20. The number of thiophene rings is 1. The fraction of sp³-hybridized carbons (Fsp3) is 0.273. The minimum atomic E-state index is -0.549. The number of benzene rings is 1. The Bertz CT molecular complexity index is 1200. The van der Waals surface area contributed by atoms with Crippen molar-refractivity contribution in [3.63, 3.8) is 0 Å². The van der Waals surface area contributed by atoms with Crippen molar-refractivity contribution in [2.24, 2.45) is 0 Å². The topological polar surface area (TPSA) is 72.3 Å². The van der Waals surface area contributed by atoms with Gasteiger partial charge in [0.05, 0.1) is 10.6 Å². The zero-order valence-electron chi connectivity index (χ0n) is 16.6. The number of halogens is 1. The van der Waals surface area contributed by atoms with Crippen molar-refractivity contribution in [1.82, 2.24) is 14.5 Å². The van der Waals surface area contributed by atoms with E-state index in [1.54, 1.807) is 12.1 Å². The Morgan fingerprint density at radius 2 is 2.03 bits per heavy atom. The van der Waals surface area contributed by atoms with Crippen molar-refractivity contribution < 1.29 is 14.0 Å². The van der Waals surface area contributed by atoms with Crippen molar-refractivity contribution in [3.8, 4) is 0 Å². The number of carbonyl (C=O) groups is 2. The molecule has 9 heteroatoms. The molecule has 0 aliphatic carbocycles. The molecule has 0 unspecified atom stereocenters. The summed E-state index contributed by atoms with van der Waals surface area (Å²) in [5, 5.41) is 2.24. The van der Waals surface area contributed by atoms with E-state index in [4.69, 9.17) is 0 Å². The van der Waals surface area contributed by atoms with Crippen molar-refractivity contribution in [1.29, 1.82) is 0 Å². The Hall–Kier alpha value is -2.78. The average Bonchev–Trinajstić information content (AvgIpc) is 3.16. The van der Waals surface area contributed by atoms with E-state index in [-0.39, 0.29) is 23.6 Å². The smallest absolute Gasteiger partial charge is 0.263 e. The molecule has 1 aliphatic rings. The number of carbonyl (C=O) groups excluding carboxylic acids is 2. The third-order valence-electron chi connectivity index (χ3n) is 5.08. The van der Waals surface area contributed by atoms with Crippen LogP contribution in [0.25, 0.3) is 10.2 Å². The summed E-state index contributed by atoms with van der Waals surface area (Å²) in [6.07, 6.45) is 3.64. The summed E-state index contributed by atoms with van der Waals surface area (Å²) in [6.45, 7) is 4.30. The molecule has 0 N–H and O–H groups in total. The maximum absolute atomic E-state index is 13.3. The van der Waals surface area contributed by atoms with Crippen molar-refractivity contribution in [2.45, 2.75) is 36.2 Å².